The topological polar surface area (TPSA) is 225 Å². The van der Waals surface area contributed by atoms with Crippen LogP contribution in [0.4, 0.5) is 0 Å². The Morgan fingerprint density at radius 1 is 1.11 bits per heavy atom. The number of carbonyl (C=O) groups is 5. The van der Waals surface area contributed by atoms with E-state index >= 15 is 0 Å². The maximum Gasteiger partial charge on any atom is 0.326 e. The summed E-state index contributed by atoms with van der Waals surface area (Å²) in [4.78, 5) is 62.7. The van der Waals surface area contributed by atoms with Gasteiger partial charge in [-0.3, -0.25) is 19.2 Å². The van der Waals surface area contributed by atoms with Gasteiger partial charge in [0.15, 0.2) is 0 Å². The molecule has 0 saturated carbocycles. The third-order valence-corrected chi connectivity index (χ3v) is 5.95. The number of hydrogen-bond acceptors (Lipinski definition) is 8. The maximum absolute atomic E-state index is 13.5. The van der Waals surface area contributed by atoms with Crippen molar-refractivity contribution in [3.8, 4) is 5.75 Å². The maximum atomic E-state index is 13.5. The number of hydrogen-bond donors (Lipinski definition) is 7. The molecule has 1 saturated heterocycles. The van der Waals surface area contributed by atoms with Crippen LogP contribution in [0.1, 0.15) is 38.2 Å². The van der Waals surface area contributed by atoms with Gasteiger partial charge >= 0.3 is 5.97 Å². The number of amides is 4. The van der Waals surface area contributed by atoms with Gasteiger partial charge in [-0.05, 0) is 43.9 Å². The summed E-state index contributed by atoms with van der Waals surface area (Å²) in [6, 6.07) is 1.19. The zero-order chi connectivity index (χ0) is 27.0. The number of rotatable bonds is 12. The summed E-state index contributed by atoms with van der Waals surface area (Å²) in [5.41, 5.74) is 11.4. The zero-order valence-electron chi connectivity index (χ0n) is 19.9. The van der Waals surface area contributed by atoms with Crippen LogP contribution in [0.5, 0.6) is 5.75 Å². The van der Waals surface area contributed by atoms with Crippen LogP contribution in [0, 0.1) is 0 Å². The van der Waals surface area contributed by atoms with Crippen molar-refractivity contribution in [3.63, 3.8) is 0 Å². The van der Waals surface area contributed by atoms with Crippen molar-refractivity contribution in [1.82, 2.24) is 15.5 Å². The highest BCUT2D eigenvalue weighted by atomic mass is 16.4. The van der Waals surface area contributed by atoms with Crippen molar-refractivity contribution < 1.29 is 39.3 Å². The minimum Gasteiger partial charge on any atom is -0.508 e. The fraction of sp³-hybridized carbons (Fsp3) is 0.522. The number of carbonyl (C=O) groups excluding carboxylic acids is 4. The predicted octanol–water partition coefficient (Wildman–Crippen LogP) is -2.05. The number of aliphatic hydroxyl groups excluding tert-OH is 1. The Kier molecular flexibility index (Phi) is 10.2. The lowest BCUT2D eigenvalue weighted by Gasteiger charge is -2.30. The highest BCUT2D eigenvalue weighted by Crippen LogP contribution is 2.21. The first-order valence-corrected chi connectivity index (χ1v) is 11.5. The number of aliphatic carboxylic acids is 1. The molecule has 4 amide bonds. The average Bonchev–Trinajstić information content (AvgIpc) is 3.31. The summed E-state index contributed by atoms with van der Waals surface area (Å²) in [5, 5.41) is 33.5. The minimum absolute atomic E-state index is 0.0125. The molecule has 13 heteroatoms. The smallest absolute Gasteiger partial charge is 0.326 e. The number of nitrogens with two attached hydrogens (primary N) is 2. The van der Waals surface area contributed by atoms with Gasteiger partial charge in [-0.25, -0.2) is 4.79 Å². The summed E-state index contributed by atoms with van der Waals surface area (Å²) in [6.45, 7) is 1.53. The van der Waals surface area contributed by atoms with E-state index in [-0.39, 0.29) is 38.0 Å². The third kappa shape index (κ3) is 7.92. The van der Waals surface area contributed by atoms with Gasteiger partial charge in [-0.15, -0.1) is 0 Å². The summed E-state index contributed by atoms with van der Waals surface area (Å²) in [6.07, 6.45) is -0.864. The summed E-state index contributed by atoms with van der Waals surface area (Å²) in [5.74, 6) is -4.09. The molecule has 9 N–H and O–H groups in total. The average molecular weight is 508 g/mol. The normalized spacial score (nSPS) is 18.5. The molecule has 0 aromatic heterocycles. The Balaban J connectivity index is 2.22. The van der Waals surface area contributed by atoms with E-state index in [0.717, 1.165) is 0 Å². The van der Waals surface area contributed by atoms with Gasteiger partial charge in [-0.1, -0.05) is 12.1 Å². The van der Waals surface area contributed by atoms with Gasteiger partial charge in [0.25, 0.3) is 0 Å². The van der Waals surface area contributed by atoms with Crippen LogP contribution in [0.2, 0.25) is 0 Å². The second-order valence-electron chi connectivity index (χ2n) is 8.79. The van der Waals surface area contributed by atoms with Crippen molar-refractivity contribution >= 4 is 29.6 Å². The van der Waals surface area contributed by atoms with Gasteiger partial charge < -0.3 is 42.3 Å². The fourth-order valence-corrected chi connectivity index (χ4v) is 3.87. The molecule has 1 aliphatic rings. The largest absolute Gasteiger partial charge is 0.508 e. The number of aliphatic hydroxyl groups is 1. The number of carboxylic acid groups (broad SMARTS) is 1. The van der Waals surface area contributed by atoms with Crippen LogP contribution in [-0.4, -0.2) is 86.6 Å². The molecule has 1 aliphatic heterocycles. The van der Waals surface area contributed by atoms with Crippen LogP contribution in [0.15, 0.2) is 24.3 Å². The SMILES string of the molecule is CC(O)C(N)C(=O)NC(Cc1ccc(O)cc1)C(=O)N1CCCC1C(=O)NC(CCC(N)=O)C(=O)O. The van der Waals surface area contributed by atoms with Gasteiger partial charge in [0.1, 0.15) is 29.9 Å². The van der Waals surface area contributed by atoms with Crippen molar-refractivity contribution in [2.45, 2.75) is 69.3 Å². The molecule has 1 aromatic carbocycles. The number of carboxylic acids is 1. The van der Waals surface area contributed by atoms with E-state index in [1.165, 1.54) is 24.0 Å². The molecule has 0 bridgehead atoms. The molecule has 198 valence electrons. The van der Waals surface area contributed by atoms with Gasteiger partial charge in [0.2, 0.25) is 23.6 Å². The van der Waals surface area contributed by atoms with Crippen molar-refractivity contribution in [3.05, 3.63) is 29.8 Å². The molecule has 13 nitrogen and oxygen atoms in total. The Bertz CT molecular complexity index is 968. The third-order valence-electron chi connectivity index (χ3n) is 5.95. The summed E-state index contributed by atoms with van der Waals surface area (Å²) >= 11 is 0. The standard InChI is InChI=1S/C23H33N5O8/c1-12(29)19(25)21(33)27-16(11-13-4-6-14(30)7-5-13)22(34)28-10-2-3-17(28)20(32)26-15(23(35)36)8-9-18(24)31/h4-7,12,15-17,19,29-30H,2-3,8-11,25H2,1H3,(H2,24,31)(H,26,32)(H,27,33)(H,35,36). The molecule has 1 aromatic rings. The van der Waals surface area contributed by atoms with Gasteiger partial charge in [0.05, 0.1) is 6.10 Å². The van der Waals surface area contributed by atoms with Crippen LogP contribution >= 0.6 is 0 Å². The summed E-state index contributed by atoms with van der Waals surface area (Å²) in [7, 11) is 0. The summed E-state index contributed by atoms with van der Waals surface area (Å²) < 4.78 is 0. The minimum atomic E-state index is -1.36. The first-order valence-electron chi connectivity index (χ1n) is 11.5. The second kappa shape index (κ2) is 12.8. The van der Waals surface area contributed by atoms with Crippen LogP contribution in [0.3, 0.4) is 0 Å². The molecule has 36 heavy (non-hydrogen) atoms. The molecule has 1 fully saturated rings. The van der Waals surface area contributed by atoms with Crippen molar-refractivity contribution in [1.29, 1.82) is 0 Å². The first kappa shape index (κ1) is 28.5. The Labute approximate surface area is 207 Å². The molecule has 5 unspecified atom stereocenters. The lowest BCUT2D eigenvalue weighted by molar-refractivity contribution is -0.145. The quantitative estimate of drug-likeness (QED) is 0.165. The zero-order valence-corrected chi connectivity index (χ0v) is 19.9. The molecule has 5 atom stereocenters. The lowest BCUT2D eigenvalue weighted by atomic mass is 10.0. The van der Waals surface area contributed by atoms with Crippen molar-refractivity contribution in [2.75, 3.05) is 6.54 Å². The van der Waals surface area contributed by atoms with E-state index in [1.807, 2.05) is 0 Å². The van der Waals surface area contributed by atoms with E-state index < -0.39 is 59.9 Å². The monoisotopic (exact) mass is 507 g/mol. The fourth-order valence-electron chi connectivity index (χ4n) is 3.87. The number of nitrogens with zero attached hydrogens (tertiary/aromatic N) is 1. The molecule has 0 spiro atoms. The van der Waals surface area contributed by atoms with Gasteiger partial charge in [-0.2, -0.15) is 0 Å². The Morgan fingerprint density at radius 2 is 1.75 bits per heavy atom. The number of primary amides is 1. The van der Waals surface area contributed by atoms with E-state index in [0.29, 0.717) is 12.0 Å². The Hall–Kier alpha value is -3.71. The number of likely N-dealkylation sites (tertiary alicyclic amines) is 1. The van der Waals surface area contributed by atoms with E-state index in [4.69, 9.17) is 11.5 Å². The predicted molar refractivity (Wildman–Crippen MR) is 126 cm³/mol. The second-order valence-corrected chi connectivity index (χ2v) is 8.79. The van der Waals surface area contributed by atoms with Gasteiger partial charge in [0, 0.05) is 19.4 Å². The number of phenolic OH excluding ortho intramolecular Hbond substituents is 1. The van der Waals surface area contributed by atoms with Crippen LogP contribution in [-0.2, 0) is 30.4 Å². The van der Waals surface area contributed by atoms with E-state index in [1.54, 1.807) is 12.1 Å². The van der Waals surface area contributed by atoms with Crippen molar-refractivity contribution in [2.24, 2.45) is 11.5 Å². The number of nitrogens with one attached hydrogen (secondary N) is 2. The number of aromatic hydroxyl groups is 1. The highest BCUT2D eigenvalue weighted by molar-refractivity contribution is 5.94. The van der Waals surface area contributed by atoms with Crippen LogP contribution in [0.25, 0.3) is 0 Å². The van der Waals surface area contributed by atoms with E-state index in [9.17, 15) is 39.3 Å². The number of benzene rings is 1. The lowest BCUT2D eigenvalue weighted by Crippen LogP contribution is -2.58. The number of phenols is 1. The molecular weight excluding hydrogens is 474 g/mol. The van der Waals surface area contributed by atoms with E-state index in [2.05, 4.69) is 10.6 Å². The molecule has 0 radical (unpaired) electrons. The highest BCUT2D eigenvalue weighted by Gasteiger charge is 2.39. The molecule has 2 rings (SSSR count). The molecule has 1 heterocycles. The Morgan fingerprint density at radius 3 is 2.31 bits per heavy atom. The molecular formula is C23H33N5O8. The first-order chi connectivity index (χ1) is 16.9. The van der Waals surface area contributed by atoms with Crippen LogP contribution < -0.4 is 22.1 Å². The molecule has 0 aliphatic carbocycles.